The van der Waals surface area contributed by atoms with Gasteiger partial charge >= 0.3 is 0 Å². The highest BCUT2D eigenvalue weighted by Crippen LogP contribution is 2.30. The first-order valence-electron chi connectivity index (χ1n) is 6.94. The first-order chi connectivity index (χ1) is 9.65. The van der Waals surface area contributed by atoms with Gasteiger partial charge in [-0.2, -0.15) is 0 Å². The number of nitrogens with zero attached hydrogens (tertiary/aromatic N) is 1. The molecule has 1 heterocycles. The standard InChI is InChI=1S/C16H22N2OS/c1-5-17-14(16-11(2)18-12(3)20-16)10-13-8-6-7-9-15(13)19-4/h6-9,14,17H,5,10H2,1-4H3. The summed E-state index contributed by atoms with van der Waals surface area (Å²) < 4.78 is 5.46. The van der Waals surface area contributed by atoms with Crippen LogP contribution in [0.5, 0.6) is 5.75 Å². The Morgan fingerprint density at radius 1 is 1.30 bits per heavy atom. The molecule has 0 fully saturated rings. The molecule has 3 nitrogen and oxygen atoms in total. The molecule has 0 aliphatic rings. The van der Waals surface area contributed by atoms with Crippen LogP contribution in [0.2, 0.25) is 0 Å². The molecular formula is C16H22N2OS. The second kappa shape index (κ2) is 6.86. The van der Waals surface area contributed by atoms with E-state index < -0.39 is 0 Å². The third kappa shape index (κ3) is 3.38. The Bertz CT molecular complexity index is 565. The Balaban J connectivity index is 2.28. The zero-order chi connectivity index (χ0) is 14.5. The average Bonchev–Trinajstić information content (AvgIpc) is 2.78. The van der Waals surface area contributed by atoms with Gasteiger partial charge in [0.2, 0.25) is 0 Å². The van der Waals surface area contributed by atoms with Crippen LogP contribution < -0.4 is 10.1 Å². The van der Waals surface area contributed by atoms with Gasteiger partial charge in [-0.05, 0) is 38.4 Å². The minimum absolute atomic E-state index is 0.294. The lowest BCUT2D eigenvalue weighted by molar-refractivity contribution is 0.406. The van der Waals surface area contributed by atoms with Crippen LogP contribution in [0.4, 0.5) is 0 Å². The van der Waals surface area contributed by atoms with Crippen molar-refractivity contribution in [2.75, 3.05) is 13.7 Å². The van der Waals surface area contributed by atoms with Crippen molar-refractivity contribution >= 4 is 11.3 Å². The number of ether oxygens (including phenoxy) is 1. The summed E-state index contributed by atoms with van der Waals surface area (Å²) in [7, 11) is 1.73. The molecule has 0 bridgehead atoms. The Morgan fingerprint density at radius 2 is 2.05 bits per heavy atom. The molecule has 0 aliphatic carbocycles. The van der Waals surface area contributed by atoms with Crippen molar-refractivity contribution in [1.82, 2.24) is 10.3 Å². The number of para-hydroxylation sites is 1. The van der Waals surface area contributed by atoms with Crippen molar-refractivity contribution in [3.63, 3.8) is 0 Å². The lowest BCUT2D eigenvalue weighted by atomic mass is 10.0. The molecule has 1 aromatic heterocycles. The van der Waals surface area contributed by atoms with E-state index >= 15 is 0 Å². The van der Waals surface area contributed by atoms with Crippen LogP contribution in [-0.2, 0) is 6.42 Å². The van der Waals surface area contributed by atoms with Crippen LogP contribution in [0.1, 0.15) is 34.1 Å². The summed E-state index contributed by atoms with van der Waals surface area (Å²) in [5.74, 6) is 0.953. The molecule has 0 saturated carbocycles. The van der Waals surface area contributed by atoms with Gasteiger partial charge in [0, 0.05) is 10.9 Å². The maximum absolute atomic E-state index is 5.46. The van der Waals surface area contributed by atoms with Crippen molar-refractivity contribution in [3.05, 3.63) is 45.4 Å². The van der Waals surface area contributed by atoms with E-state index in [4.69, 9.17) is 4.74 Å². The van der Waals surface area contributed by atoms with E-state index in [9.17, 15) is 0 Å². The predicted octanol–water partition coefficient (Wildman–Crippen LogP) is 3.66. The maximum atomic E-state index is 5.46. The number of nitrogens with one attached hydrogen (secondary N) is 1. The third-order valence-electron chi connectivity index (χ3n) is 3.32. The van der Waals surface area contributed by atoms with Gasteiger partial charge < -0.3 is 10.1 Å². The Kier molecular flexibility index (Phi) is 5.15. The highest BCUT2D eigenvalue weighted by atomic mass is 32.1. The van der Waals surface area contributed by atoms with Crippen LogP contribution in [0.3, 0.4) is 0 Å². The van der Waals surface area contributed by atoms with Crippen molar-refractivity contribution in [1.29, 1.82) is 0 Å². The summed E-state index contributed by atoms with van der Waals surface area (Å²) in [5, 5.41) is 4.69. The van der Waals surface area contributed by atoms with Gasteiger partial charge in [0.1, 0.15) is 5.75 Å². The lowest BCUT2D eigenvalue weighted by Gasteiger charge is -2.18. The maximum Gasteiger partial charge on any atom is 0.122 e. The lowest BCUT2D eigenvalue weighted by Crippen LogP contribution is -2.23. The summed E-state index contributed by atoms with van der Waals surface area (Å²) in [6.45, 7) is 7.23. The summed E-state index contributed by atoms with van der Waals surface area (Å²) in [6.07, 6.45) is 0.917. The van der Waals surface area contributed by atoms with E-state index in [0.29, 0.717) is 6.04 Å². The van der Waals surface area contributed by atoms with E-state index in [2.05, 4.69) is 43.2 Å². The number of methoxy groups -OCH3 is 1. The quantitative estimate of drug-likeness (QED) is 0.881. The van der Waals surface area contributed by atoms with Gasteiger partial charge in [0.05, 0.1) is 17.8 Å². The molecule has 1 aromatic carbocycles. The fourth-order valence-corrected chi connectivity index (χ4v) is 3.47. The topological polar surface area (TPSA) is 34.1 Å². The normalized spacial score (nSPS) is 12.4. The van der Waals surface area contributed by atoms with Crippen LogP contribution in [0.15, 0.2) is 24.3 Å². The summed E-state index contributed by atoms with van der Waals surface area (Å²) in [5.41, 5.74) is 2.36. The van der Waals surface area contributed by atoms with E-state index in [1.54, 1.807) is 18.4 Å². The molecule has 0 amide bonds. The average molecular weight is 290 g/mol. The van der Waals surface area contributed by atoms with Crippen LogP contribution >= 0.6 is 11.3 Å². The third-order valence-corrected chi connectivity index (χ3v) is 4.51. The molecule has 0 spiro atoms. The molecule has 0 aliphatic heterocycles. The molecule has 0 saturated heterocycles. The molecule has 1 unspecified atom stereocenters. The van der Waals surface area contributed by atoms with Crippen molar-refractivity contribution in [2.45, 2.75) is 33.2 Å². The number of aryl methyl sites for hydroxylation is 2. The van der Waals surface area contributed by atoms with E-state index in [-0.39, 0.29) is 0 Å². The van der Waals surface area contributed by atoms with Gasteiger partial charge in [0.25, 0.3) is 0 Å². The highest BCUT2D eigenvalue weighted by Gasteiger charge is 2.18. The van der Waals surface area contributed by atoms with Crippen LogP contribution in [0, 0.1) is 13.8 Å². The van der Waals surface area contributed by atoms with E-state index in [1.165, 1.54) is 10.4 Å². The number of benzene rings is 1. The number of likely N-dealkylation sites (N-methyl/N-ethyl adjacent to an activating group) is 1. The number of hydrogen-bond acceptors (Lipinski definition) is 4. The SMILES string of the molecule is CCNC(Cc1ccccc1OC)c1sc(C)nc1C. The molecule has 4 heteroatoms. The smallest absolute Gasteiger partial charge is 0.122 e. The highest BCUT2D eigenvalue weighted by molar-refractivity contribution is 7.11. The minimum atomic E-state index is 0.294. The summed E-state index contributed by atoms with van der Waals surface area (Å²) in [4.78, 5) is 5.87. The van der Waals surface area contributed by atoms with Crippen LogP contribution in [0.25, 0.3) is 0 Å². The number of hydrogen-bond donors (Lipinski definition) is 1. The van der Waals surface area contributed by atoms with Gasteiger partial charge in [-0.1, -0.05) is 25.1 Å². The van der Waals surface area contributed by atoms with Crippen molar-refractivity contribution in [3.8, 4) is 5.75 Å². The molecule has 1 atom stereocenters. The second-order valence-corrected chi connectivity index (χ2v) is 6.04. The fourth-order valence-electron chi connectivity index (χ4n) is 2.47. The first kappa shape index (κ1) is 15.0. The Hall–Kier alpha value is -1.39. The largest absolute Gasteiger partial charge is 0.496 e. The molecule has 2 rings (SSSR count). The first-order valence-corrected chi connectivity index (χ1v) is 7.76. The molecule has 0 radical (unpaired) electrons. The Labute approximate surface area is 125 Å². The van der Waals surface area contributed by atoms with E-state index in [0.717, 1.165) is 29.4 Å². The predicted molar refractivity (Wildman–Crippen MR) is 84.7 cm³/mol. The zero-order valence-electron chi connectivity index (χ0n) is 12.6. The number of rotatable bonds is 6. The second-order valence-electron chi connectivity index (χ2n) is 4.81. The van der Waals surface area contributed by atoms with Crippen LogP contribution in [-0.4, -0.2) is 18.6 Å². The number of thiazole rings is 1. The number of aromatic nitrogens is 1. The van der Waals surface area contributed by atoms with Gasteiger partial charge in [0.15, 0.2) is 0 Å². The monoisotopic (exact) mass is 290 g/mol. The van der Waals surface area contributed by atoms with E-state index in [1.807, 2.05) is 12.1 Å². The van der Waals surface area contributed by atoms with Gasteiger partial charge in [-0.15, -0.1) is 11.3 Å². The zero-order valence-corrected chi connectivity index (χ0v) is 13.4. The van der Waals surface area contributed by atoms with Gasteiger partial charge in [-0.3, -0.25) is 0 Å². The minimum Gasteiger partial charge on any atom is -0.496 e. The van der Waals surface area contributed by atoms with Gasteiger partial charge in [-0.25, -0.2) is 4.98 Å². The Morgan fingerprint density at radius 3 is 2.65 bits per heavy atom. The molecule has 2 aromatic rings. The van der Waals surface area contributed by atoms with Crippen molar-refractivity contribution < 1.29 is 4.74 Å². The molecule has 1 N–H and O–H groups in total. The fraction of sp³-hybridized carbons (Fsp3) is 0.438. The summed E-state index contributed by atoms with van der Waals surface area (Å²) >= 11 is 1.78. The molecule has 108 valence electrons. The molecule has 20 heavy (non-hydrogen) atoms. The summed E-state index contributed by atoms with van der Waals surface area (Å²) in [6, 6.07) is 8.51. The van der Waals surface area contributed by atoms with Crippen molar-refractivity contribution in [2.24, 2.45) is 0 Å². The molecular weight excluding hydrogens is 268 g/mol.